The molecule has 124 valence electrons. The molecule has 0 bridgehead atoms. The maximum Gasteiger partial charge on any atom is 0.303 e. The van der Waals surface area contributed by atoms with Gasteiger partial charge in [0.05, 0.1) is 12.1 Å². The predicted octanol–water partition coefficient (Wildman–Crippen LogP) is 2.01. The molecular formula is C16H20N2O5. The molecule has 1 aromatic rings. The number of carboxylic acid groups (broad SMARTS) is 1. The van der Waals surface area contributed by atoms with Gasteiger partial charge >= 0.3 is 5.97 Å². The summed E-state index contributed by atoms with van der Waals surface area (Å²) in [5.41, 5.74) is 1.16. The molecule has 0 aliphatic carbocycles. The minimum absolute atomic E-state index is 0.0105. The highest BCUT2D eigenvalue weighted by Gasteiger charge is 2.33. The van der Waals surface area contributed by atoms with Crippen LogP contribution in [0.3, 0.4) is 0 Å². The molecule has 0 saturated heterocycles. The number of carboxylic acids is 1. The average molecular weight is 320 g/mol. The van der Waals surface area contributed by atoms with E-state index in [-0.39, 0.29) is 30.7 Å². The summed E-state index contributed by atoms with van der Waals surface area (Å²) in [6.45, 7) is 5.52. The van der Waals surface area contributed by atoms with Crippen LogP contribution in [0.1, 0.15) is 33.6 Å². The fraction of sp³-hybridized carbons (Fsp3) is 0.438. The first-order valence-electron chi connectivity index (χ1n) is 7.45. The van der Waals surface area contributed by atoms with Gasteiger partial charge in [-0.1, -0.05) is 0 Å². The summed E-state index contributed by atoms with van der Waals surface area (Å²) in [4.78, 5) is 36.1. The molecule has 0 saturated carbocycles. The third-order valence-electron chi connectivity index (χ3n) is 3.47. The van der Waals surface area contributed by atoms with E-state index in [4.69, 9.17) is 9.84 Å². The van der Waals surface area contributed by atoms with Crippen molar-refractivity contribution < 1.29 is 24.2 Å². The number of anilines is 2. The first-order chi connectivity index (χ1) is 10.8. The number of nitrogens with zero attached hydrogens (tertiary/aromatic N) is 1. The molecule has 0 radical (unpaired) electrons. The van der Waals surface area contributed by atoms with Crippen LogP contribution in [0, 0.1) is 0 Å². The van der Waals surface area contributed by atoms with Crippen molar-refractivity contribution in [1.29, 1.82) is 0 Å². The normalized spacial score (nSPS) is 16.8. The SMILES string of the molecule is CC1Oc2cc(NC(=O)CCC(=O)O)ccc2N(C(C)C)C1=O. The zero-order valence-electron chi connectivity index (χ0n) is 13.3. The third kappa shape index (κ3) is 3.80. The molecule has 0 aromatic heterocycles. The van der Waals surface area contributed by atoms with Crippen molar-refractivity contribution in [3.8, 4) is 5.75 Å². The van der Waals surface area contributed by atoms with Crippen molar-refractivity contribution in [3.05, 3.63) is 18.2 Å². The number of nitrogens with one attached hydrogen (secondary N) is 1. The molecule has 7 nitrogen and oxygen atoms in total. The maximum absolute atomic E-state index is 12.2. The van der Waals surface area contributed by atoms with Gasteiger partial charge in [-0.25, -0.2) is 0 Å². The number of benzene rings is 1. The molecule has 0 fully saturated rings. The largest absolute Gasteiger partial charge is 0.481 e. The summed E-state index contributed by atoms with van der Waals surface area (Å²) in [6.07, 6.45) is -0.914. The molecular weight excluding hydrogens is 300 g/mol. The Balaban J connectivity index is 2.19. The van der Waals surface area contributed by atoms with Gasteiger partial charge < -0.3 is 20.1 Å². The van der Waals surface area contributed by atoms with Crippen LogP contribution in [0.25, 0.3) is 0 Å². The van der Waals surface area contributed by atoms with Gasteiger partial charge in [-0.15, -0.1) is 0 Å². The van der Waals surface area contributed by atoms with E-state index in [2.05, 4.69) is 5.32 Å². The minimum Gasteiger partial charge on any atom is -0.481 e. The Morgan fingerprint density at radius 1 is 1.35 bits per heavy atom. The zero-order chi connectivity index (χ0) is 17.1. The van der Waals surface area contributed by atoms with Crippen LogP contribution < -0.4 is 15.0 Å². The lowest BCUT2D eigenvalue weighted by atomic mass is 10.1. The summed E-state index contributed by atoms with van der Waals surface area (Å²) in [7, 11) is 0. The molecule has 23 heavy (non-hydrogen) atoms. The third-order valence-corrected chi connectivity index (χ3v) is 3.47. The second-order valence-corrected chi connectivity index (χ2v) is 5.69. The summed E-state index contributed by atoms with van der Waals surface area (Å²) in [5, 5.41) is 11.2. The molecule has 2 amide bonds. The number of fused-ring (bicyclic) bond motifs is 1. The van der Waals surface area contributed by atoms with Crippen LogP contribution >= 0.6 is 0 Å². The molecule has 2 N–H and O–H groups in total. The fourth-order valence-corrected chi connectivity index (χ4v) is 2.42. The second-order valence-electron chi connectivity index (χ2n) is 5.69. The highest BCUT2D eigenvalue weighted by atomic mass is 16.5. The maximum atomic E-state index is 12.2. The van der Waals surface area contributed by atoms with E-state index in [1.54, 1.807) is 30.0 Å². The van der Waals surface area contributed by atoms with Gasteiger partial charge in [-0.05, 0) is 32.9 Å². The number of hydrogen-bond donors (Lipinski definition) is 2. The van der Waals surface area contributed by atoms with Crippen LogP contribution in [0.5, 0.6) is 5.75 Å². The van der Waals surface area contributed by atoms with E-state index < -0.39 is 12.1 Å². The Kier molecular flexibility index (Phi) is 4.88. The van der Waals surface area contributed by atoms with E-state index >= 15 is 0 Å². The molecule has 1 aliphatic heterocycles. The standard InChI is InChI=1S/C16H20N2O5/c1-9(2)18-12-5-4-11(17-14(19)6-7-15(20)21)8-13(12)23-10(3)16(18)22/h4-5,8-10H,6-7H2,1-3H3,(H,17,19)(H,20,21). The van der Waals surface area contributed by atoms with Gasteiger partial charge in [0.2, 0.25) is 5.91 Å². The van der Waals surface area contributed by atoms with Gasteiger partial charge in [0.1, 0.15) is 5.75 Å². The van der Waals surface area contributed by atoms with Crippen LogP contribution in [0.15, 0.2) is 18.2 Å². The number of ether oxygens (including phenoxy) is 1. The highest BCUT2D eigenvalue weighted by molar-refractivity contribution is 6.01. The monoisotopic (exact) mass is 320 g/mol. The van der Waals surface area contributed by atoms with E-state index in [1.165, 1.54) is 0 Å². The minimum atomic E-state index is -1.02. The average Bonchev–Trinajstić information content (AvgIpc) is 2.46. The Hall–Kier alpha value is -2.57. The number of amides is 2. The lowest BCUT2D eigenvalue weighted by Crippen LogP contribution is -2.47. The quantitative estimate of drug-likeness (QED) is 0.865. The zero-order valence-corrected chi connectivity index (χ0v) is 13.3. The number of carbonyl (C=O) groups excluding carboxylic acids is 2. The lowest BCUT2D eigenvalue weighted by Gasteiger charge is -2.35. The Bertz CT molecular complexity index is 641. The topological polar surface area (TPSA) is 95.9 Å². The van der Waals surface area contributed by atoms with E-state index in [9.17, 15) is 14.4 Å². The molecule has 1 aromatic carbocycles. The molecule has 7 heteroatoms. The van der Waals surface area contributed by atoms with Gasteiger partial charge in [-0.2, -0.15) is 0 Å². The molecule has 1 heterocycles. The van der Waals surface area contributed by atoms with Crippen molar-refractivity contribution in [3.63, 3.8) is 0 Å². The number of aliphatic carboxylic acids is 1. The molecule has 1 atom stereocenters. The first kappa shape index (κ1) is 16.8. The van der Waals surface area contributed by atoms with Crippen molar-refractivity contribution in [2.45, 2.75) is 45.8 Å². The molecule has 2 rings (SSSR count). The van der Waals surface area contributed by atoms with Crippen LogP contribution in [0.4, 0.5) is 11.4 Å². The van der Waals surface area contributed by atoms with E-state index in [0.29, 0.717) is 17.1 Å². The second kappa shape index (κ2) is 6.68. The number of rotatable bonds is 5. The van der Waals surface area contributed by atoms with Gasteiger partial charge in [0, 0.05) is 24.2 Å². The van der Waals surface area contributed by atoms with Crippen molar-refractivity contribution >= 4 is 29.2 Å². The smallest absolute Gasteiger partial charge is 0.303 e. The molecule has 1 unspecified atom stereocenters. The van der Waals surface area contributed by atoms with Gasteiger partial charge in [-0.3, -0.25) is 14.4 Å². The molecule has 0 spiro atoms. The predicted molar refractivity (Wildman–Crippen MR) is 84.7 cm³/mol. The summed E-state index contributed by atoms with van der Waals surface area (Å²) in [5.74, 6) is -0.991. The number of carbonyl (C=O) groups is 3. The van der Waals surface area contributed by atoms with Crippen molar-refractivity contribution in [2.24, 2.45) is 0 Å². The van der Waals surface area contributed by atoms with E-state index in [0.717, 1.165) is 0 Å². The van der Waals surface area contributed by atoms with Crippen LogP contribution in [-0.4, -0.2) is 35.0 Å². The van der Waals surface area contributed by atoms with Crippen LogP contribution in [-0.2, 0) is 14.4 Å². The summed E-state index contributed by atoms with van der Waals surface area (Å²) < 4.78 is 5.61. The summed E-state index contributed by atoms with van der Waals surface area (Å²) >= 11 is 0. The Labute approximate surface area is 134 Å². The Morgan fingerprint density at radius 3 is 2.65 bits per heavy atom. The van der Waals surface area contributed by atoms with Gasteiger partial charge in [0.25, 0.3) is 5.91 Å². The first-order valence-corrected chi connectivity index (χ1v) is 7.45. The fourth-order valence-electron chi connectivity index (χ4n) is 2.42. The van der Waals surface area contributed by atoms with Crippen LogP contribution in [0.2, 0.25) is 0 Å². The lowest BCUT2D eigenvalue weighted by molar-refractivity contribution is -0.138. The van der Waals surface area contributed by atoms with Gasteiger partial charge in [0.15, 0.2) is 6.10 Å². The van der Waals surface area contributed by atoms with Crippen molar-refractivity contribution in [1.82, 2.24) is 0 Å². The molecule has 1 aliphatic rings. The van der Waals surface area contributed by atoms with Crippen molar-refractivity contribution in [2.75, 3.05) is 10.2 Å². The highest BCUT2D eigenvalue weighted by Crippen LogP contribution is 2.37. The Morgan fingerprint density at radius 2 is 2.04 bits per heavy atom. The number of hydrogen-bond acceptors (Lipinski definition) is 4. The van der Waals surface area contributed by atoms with E-state index in [1.807, 2.05) is 13.8 Å². The summed E-state index contributed by atoms with van der Waals surface area (Å²) in [6, 6.07) is 5.01.